The van der Waals surface area contributed by atoms with Gasteiger partial charge in [-0.05, 0) is 31.4 Å². The summed E-state index contributed by atoms with van der Waals surface area (Å²) >= 11 is 0. The quantitative estimate of drug-likeness (QED) is 0.566. The van der Waals surface area contributed by atoms with Crippen LogP contribution >= 0.6 is 0 Å². The molecule has 1 N–H and O–H groups in total. The zero-order valence-corrected chi connectivity index (χ0v) is 10.9. The van der Waals surface area contributed by atoms with Gasteiger partial charge in [0.15, 0.2) is 0 Å². The minimum absolute atomic E-state index is 0.117. The van der Waals surface area contributed by atoms with E-state index in [1.807, 2.05) is 31.2 Å². The predicted octanol–water partition coefficient (Wildman–Crippen LogP) is 3.17. The molecule has 0 aromatic heterocycles. The average molecular weight is 247 g/mol. The van der Waals surface area contributed by atoms with Crippen molar-refractivity contribution in [2.45, 2.75) is 26.2 Å². The molecule has 0 spiro atoms. The molecule has 1 aromatic carbocycles. The Bertz CT molecular complexity index is 388. The number of hydrogen-bond acceptors (Lipinski definition) is 3. The summed E-state index contributed by atoms with van der Waals surface area (Å²) in [4.78, 5) is 11.2. The van der Waals surface area contributed by atoms with Crippen LogP contribution in [0.2, 0.25) is 0 Å². The first kappa shape index (κ1) is 14.3. The van der Waals surface area contributed by atoms with Gasteiger partial charge in [-0.15, -0.1) is 6.58 Å². The van der Waals surface area contributed by atoms with Gasteiger partial charge in [-0.25, -0.2) is 0 Å². The van der Waals surface area contributed by atoms with E-state index in [2.05, 4.69) is 18.0 Å². The highest BCUT2D eigenvalue weighted by Crippen LogP contribution is 2.17. The molecule has 0 unspecified atom stereocenters. The number of para-hydroxylation sites is 1. The maximum atomic E-state index is 11.2. The summed E-state index contributed by atoms with van der Waals surface area (Å²) in [7, 11) is 0. The van der Waals surface area contributed by atoms with E-state index in [1.165, 1.54) is 5.56 Å². The summed E-state index contributed by atoms with van der Waals surface area (Å²) in [5.41, 5.74) is 2.34. The third-order valence-corrected chi connectivity index (χ3v) is 2.59. The summed E-state index contributed by atoms with van der Waals surface area (Å²) in [6.45, 7) is 6.71. The molecule has 0 heterocycles. The second-order valence-electron chi connectivity index (χ2n) is 3.99. The van der Waals surface area contributed by atoms with Crippen LogP contribution in [0.4, 0.5) is 5.69 Å². The van der Waals surface area contributed by atoms with Gasteiger partial charge in [0.05, 0.1) is 6.61 Å². The molecule has 0 aliphatic rings. The van der Waals surface area contributed by atoms with Crippen molar-refractivity contribution in [2.75, 3.05) is 18.5 Å². The number of esters is 1. The van der Waals surface area contributed by atoms with Gasteiger partial charge in [0.25, 0.3) is 0 Å². The van der Waals surface area contributed by atoms with E-state index >= 15 is 0 Å². The number of hydrogen-bond donors (Lipinski definition) is 1. The van der Waals surface area contributed by atoms with Crippen molar-refractivity contribution in [1.82, 2.24) is 0 Å². The molecule has 1 rings (SSSR count). The first-order valence-corrected chi connectivity index (χ1v) is 6.36. The first-order valence-electron chi connectivity index (χ1n) is 6.36. The van der Waals surface area contributed by atoms with Gasteiger partial charge >= 0.3 is 5.97 Å². The number of anilines is 1. The summed E-state index contributed by atoms with van der Waals surface area (Å²) in [5, 5.41) is 3.29. The third kappa shape index (κ3) is 5.04. The molecule has 0 fully saturated rings. The Labute approximate surface area is 109 Å². The van der Waals surface area contributed by atoms with Crippen LogP contribution in [-0.4, -0.2) is 19.1 Å². The highest BCUT2D eigenvalue weighted by molar-refractivity contribution is 5.69. The fraction of sp³-hybridized carbons (Fsp3) is 0.400. The van der Waals surface area contributed by atoms with Crippen LogP contribution in [0.3, 0.4) is 0 Å². The van der Waals surface area contributed by atoms with Crippen LogP contribution in [0.1, 0.15) is 25.3 Å². The average Bonchev–Trinajstić information content (AvgIpc) is 2.38. The zero-order valence-electron chi connectivity index (χ0n) is 10.9. The van der Waals surface area contributed by atoms with E-state index in [9.17, 15) is 4.79 Å². The lowest BCUT2D eigenvalue weighted by Gasteiger charge is -2.10. The smallest absolute Gasteiger partial charge is 0.305 e. The Morgan fingerprint density at radius 2 is 2.22 bits per heavy atom. The second-order valence-corrected chi connectivity index (χ2v) is 3.99. The number of carbonyl (C=O) groups excluding carboxylic acids is 1. The number of aryl methyl sites for hydroxylation is 1. The van der Waals surface area contributed by atoms with Gasteiger partial charge in [-0.1, -0.05) is 24.3 Å². The Kier molecular flexibility index (Phi) is 6.62. The van der Waals surface area contributed by atoms with Crippen molar-refractivity contribution in [1.29, 1.82) is 0 Å². The number of ether oxygens (including phenoxy) is 1. The lowest BCUT2D eigenvalue weighted by molar-refractivity contribution is -0.143. The summed E-state index contributed by atoms with van der Waals surface area (Å²) in [5.74, 6) is -0.117. The molecule has 0 amide bonds. The fourth-order valence-corrected chi connectivity index (χ4v) is 1.75. The highest BCUT2D eigenvalue weighted by Gasteiger charge is 2.04. The molecule has 0 aliphatic carbocycles. The molecule has 0 saturated heterocycles. The van der Waals surface area contributed by atoms with Crippen molar-refractivity contribution in [3.05, 3.63) is 42.5 Å². The van der Waals surface area contributed by atoms with E-state index in [-0.39, 0.29) is 5.97 Å². The molecular formula is C15H21NO2. The first-order chi connectivity index (χ1) is 8.77. The molecule has 3 heteroatoms. The van der Waals surface area contributed by atoms with E-state index in [1.54, 1.807) is 0 Å². The van der Waals surface area contributed by atoms with Gasteiger partial charge < -0.3 is 10.1 Å². The highest BCUT2D eigenvalue weighted by atomic mass is 16.5. The van der Waals surface area contributed by atoms with E-state index < -0.39 is 0 Å². The number of carbonyl (C=O) groups is 1. The number of nitrogens with one attached hydrogen (secondary N) is 1. The molecule has 3 nitrogen and oxygen atoms in total. The normalized spacial score (nSPS) is 9.83. The molecule has 0 saturated carbocycles. The molecule has 0 radical (unpaired) electrons. The van der Waals surface area contributed by atoms with Crippen LogP contribution in [0.25, 0.3) is 0 Å². The number of benzene rings is 1. The van der Waals surface area contributed by atoms with Crippen molar-refractivity contribution in [2.24, 2.45) is 0 Å². The van der Waals surface area contributed by atoms with Crippen LogP contribution < -0.4 is 5.32 Å². The van der Waals surface area contributed by atoms with Gasteiger partial charge in [0.2, 0.25) is 0 Å². The van der Waals surface area contributed by atoms with Gasteiger partial charge in [0, 0.05) is 18.7 Å². The minimum atomic E-state index is -0.117. The maximum absolute atomic E-state index is 11.2. The minimum Gasteiger partial charge on any atom is -0.466 e. The molecule has 98 valence electrons. The van der Waals surface area contributed by atoms with Crippen molar-refractivity contribution < 1.29 is 9.53 Å². The summed E-state index contributed by atoms with van der Waals surface area (Å²) in [6, 6.07) is 8.14. The monoisotopic (exact) mass is 247 g/mol. The molecular weight excluding hydrogens is 226 g/mol. The van der Waals surface area contributed by atoms with E-state index in [4.69, 9.17) is 4.74 Å². The lowest BCUT2D eigenvalue weighted by atomic mass is 10.1. The molecule has 0 bridgehead atoms. The molecule has 1 aromatic rings. The van der Waals surface area contributed by atoms with Gasteiger partial charge in [-0.2, -0.15) is 0 Å². The maximum Gasteiger partial charge on any atom is 0.305 e. The SMILES string of the molecule is C=CCNc1ccccc1CCCC(=O)OCC. The van der Waals surface area contributed by atoms with Crippen LogP contribution in [0.15, 0.2) is 36.9 Å². The van der Waals surface area contributed by atoms with Crippen molar-refractivity contribution in [3.8, 4) is 0 Å². The Hall–Kier alpha value is -1.77. The van der Waals surface area contributed by atoms with E-state index in [0.29, 0.717) is 13.0 Å². The molecule has 0 atom stereocenters. The second kappa shape index (κ2) is 8.34. The fourth-order valence-electron chi connectivity index (χ4n) is 1.75. The molecule has 0 aliphatic heterocycles. The Balaban J connectivity index is 2.45. The largest absolute Gasteiger partial charge is 0.466 e. The molecule has 18 heavy (non-hydrogen) atoms. The third-order valence-electron chi connectivity index (χ3n) is 2.59. The Morgan fingerprint density at radius 3 is 2.94 bits per heavy atom. The Morgan fingerprint density at radius 1 is 1.44 bits per heavy atom. The van der Waals surface area contributed by atoms with Gasteiger partial charge in [0.1, 0.15) is 0 Å². The van der Waals surface area contributed by atoms with Crippen LogP contribution in [-0.2, 0) is 16.0 Å². The van der Waals surface area contributed by atoms with Crippen molar-refractivity contribution in [3.63, 3.8) is 0 Å². The predicted molar refractivity (Wildman–Crippen MR) is 74.7 cm³/mol. The topological polar surface area (TPSA) is 38.3 Å². The zero-order chi connectivity index (χ0) is 13.2. The van der Waals surface area contributed by atoms with E-state index in [0.717, 1.165) is 25.1 Å². The number of rotatable bonds is 8. The standard InChI is InChI=1S/C15H21NO2/c1-3-12-16-14-10-6-5-8-13(14)9-7-11-15(17)18-4-2/h3,5-6,8,10,16H,1,4,7,9,11-12H2,2H3. The van der Waals surface area contributed by atoms with Crippen molar-refractivity contribution >= 4 is 11.7 Å². The van der Waals surface area contributed by atoms with Crippen LogP contribution in [0, 0.1) is 0 Å². The van der Waals surface area contributed by atoms with Gasteiger partial charge in [-0.3, -0.25) is 4.79 Å². The summed E-state index contributed by atoms with van der Waals surface area (Å²) in [6.07, 6.45) is 3.99. The summed E-state index contributed by atoms with van der Waals surface area (Å²) < 4.78 is 4.91. The van der Waals surface area contributed by atoms with Crippen LogP contribution in [0.5, 0.6) is 0 Å². The lowest BCUT2D eigenvalue weighted by Crippen LogP contribution is -2.05.